The number of carbonyl (C=O) groups is 1. The number of ether oxygens (including phenoxy) is 1. The molecule has 0 spiro atoms. The van der Waals surface area contributed by atoms with Crippen LogP contribution < -0.4 is 10.5 Å². The third kappa shape index (κ3) is 4.15. The molecule has 2 rings (SSSR count). The van der Waals surface area contributed by atoms with Gasteiger partial charge in [0.25, 0.3) is 0 Å². The van der Waals surface area contributed by atoms with Crippen molar-refractivity contribution in [2.75, 3.05) is 25.4 Å². The minimum absolute atomic E-state index is 0.184. The molecule has 0 heterocycles. The molecule has 20 heavy (non-hydrogen) atoms. The van der Waals surface area contributed by atoms with E-state index in [0.717, 1.165) is 18.8 Å². The standard InChI is InChI=1S/C16H24N2O2/c1-2-18(12-13-5-3-6-13)16(19)9-10-20-15-8-4-7-14(17)11-15/h4,7-8,11,13H,2-3,5-6,9-10,12,17H2,1H3. The van der Waals surface area contributed by atoms with Gasteiger partial charge in [0.15, 0.2) is 0 Å². The number of hydrogen-bond donors (Lipinski definition) is 1. The van der Waals surface area contributed by atoms with Crippen molar-refractivity contribution in [1.82, 2.24) is 4.90 Å². The van der Waals surface area contributed by atoms with Crippen molar-refractivity contribution in [3.8, 4) is 5.75 Å². The number of nitrogen functional groups attached to an aromatic ring is 1. The van der Waals surface area contributed by atoms with Gasteiger partial charge in [0.2, 0.25) is 5.91 Å². The first-order valence-corrected chi connectivity index (χ1v) is 7.45. The summed E-state index contributed by atoms with van der Waals surface area (Å²) < 4.78 is 5.57. The molecule has 1 aliphatic carbocycles. The number of hydrogen-bond acceptors (Lipinski definition) is 3. The number of benzene rings is 1. The van der Waals surface area contributed by atoms with E-state index in [1.807, 2.05) is 30.0 Å². The first kappa shape index (κ1) is 14.7. The third-order valence-electron chi connectivity index (χ3n) is 3.88. The highest BCUT2D eigenvalue weighted by atomic mass is 16.5. The fourth-order valence-electron chi connectivity index (χ4n) is 2.41. The average Bonchev–Trinajstić information content (AvgIpc) is 2.37. The molecule has 0 radical (unpaired) electrons. The van der Waals surface area contributed by atoms with Crippen LogP contribution in [0.5, 0.6) is 5.75 Å². The van der Waals surface area contributed by atoms with Crippen LogP contribution >= 0.6 is 0 Å². The second-order valence-corrected chi connectivity index (χ2v) is 5.40. The molecule has 0 bridgehead atoms. The predicted octanol–water partition coefficient (Wildman–Crippen LogP) is 2.69. The van der Waals surface area contributed by atoms with Gasteiger partial charge in [0.05, 0.1) is 13.0 Å². The zero-order chi connectivity index (χ0) is 14.4. The van der Waals surface area contributed by atoms with Crippen LogP contribution in [0, 0.1) is 5.92 Å². The Balaban J connectivity index is 1.72. The monoisotopic (exact) mass is 276 g/mol. The number of amides is 1. The first-order valence-electron chi connectivity index (χ1n) is 7.45. The van der Waals surface area contributed by atoms with Crippen molar-refractivity contribution in [3.63, 3.8) is 0 Å². The van der Waals surface area contributed by atoms with Crippen LogP contribution in [0.25, 0.3) is 0 Å². The molecular formula is C16H24N2O2. The van der Waals surface area contributed by atoms with E-state index in [0.29, 0.717) is 24.6 Å². The summed E-state index contributed by atoms with van der Waals surface area (Å²) in [4.78, 5) is 14.1. The van der Waals surface area contributed by atoms with Gasteiger partial charge < -0.3 is 15.4 Å². The SMILES string of the molecule is CCN(CC1CCC1)C(=O)CCOc1cccc(N)c1. The lowest BCUT2D eigenvalue weighted by atomic mass is 9.85. The molecule has 2 N–H and O–H groups in total. The summed E-state index contributed by atoms with van der Waals surface area (Å²) in [6, 6.07) is 7.29. The number of carbonyl (C=O) groups excluding carboxylic acids is 1. The maximum Gasteiger partial charge on any atom is 0.225 e. The summed E-state index contributed by atoms with van der Waals surface area (Å²) in [6.45, 7) is 4.14. The molecule has 0 unspecified atom stereocenters. The zero-order valence-electron chi connectivity index (χ0n) is 12.2. The minimum atomic E-state index is 0.184. The molecule has 110 valence electrons. The van der Waals surface area contributed by atoms with Gasteiger partial charge in [-0.1, -0.05) is 12.5 Å². The van der Waals surface area contributed by atoms with Crippen LogP contribution in [-0.2, 0) is 4.79 Å². The van der Waals surface area contributed by atoms with Crippen LogP contribution in [0.1, 0.15) is 32.6 Å². The first-order chi connectivity index (χ1) is 9.69. The maximum atomic E-state index is 12.1. The van der Waals surface area contributed by atoms with E-state index in [1.165, 1.54) is 19.3 Å². The molecule has 1 fully saturated rings. The fraction of sp³-hybridized carbons (Fsp3) is 0.562. The highest BCUT2D eigenvalue weighted by Crippen LogP contribution is 2.27. The predicted molar refractivity (Wildman–Crippen MR) is 80.6 cm³/mol. The zero-order valence-corrected chi connectivity index (χ0v) is 12.2. The summed E-state index contributed by atoms with van der Waals surface area (Å²) in [5, 5.41) is 0. The highest BCUT2D eigenvalue weighted by Gasteiger charge is 2.22. The molecule has 1 aromatic carbocycles. The van der Waals surface area contributed by atoms with Crippen molar-refractivity contribution >= 4 is 11.6 Å². The minimum Gasteiger partial charge on any atom is -0.493 e. The molecule has 1 saturated carbocycles. The summed E-state index contributed by atoms with van der Waals surface area (Å²) in [6.07, 6.45) is 4.28. The number of rotatable bonds is 7. The maximum absolute atomic E-state index is 12.1. The van der Waals surface area contributed by atoms with Crippen LogP contribution in [0.2, 0.25) is 0 Å². The van der Waals surface area contributed by atoms with Gasteiger partial charge in [-0.3, -0.25) is 4.79 Å². The van der Waals surface area contributed by atoms with Crippen LogP contribution in [0.4, 0.5) is 5.69 Å². The molecule has 1 amide bonds. The number of anilines is 1. The fourth-order valence-corrected chi connectivity index (χ4v) is 2.41. The average molecular weight is 276 g/mol. The van der Waals surface area contributed by atoms with Crippen molar-refractivity contribution in [3.05, 3.63) is 24.3 Å². The topological polar surface area (TPSA) is 55.6 Å². The quantitative estimate of drug-likeness (QED) is 0.779. The van der Waals surface area contributed by atoms with E-state index in [9.17, 15) is 4.79 Å². The third-order valence-corrected chi connectivity index (χ3v) is 3.88. The van der Waals surface area contributed by atoms with Crippen LogP contribution in [0.15, 0.2) is 24.3 Å². The van der Waals surface area contributed by atoms with E-state index < -0.39 is 0 Å². The summed E-state index contributed by atoms with van der Waals surface area (Å²) in [7, 11) is 0. The second-order valence-electron chi connectivity index (χ2n) is 5.40. The van der Waals surface area contributed by atoms with Crippen molar-refractivity contribution in [1.29, 1.82) is 0 Å². The smallest absolute Gasteiger partial charge is 0.225 e. The van der Waals surface area contributed by atoms with Gasteiger partial charge in [-0.25, -0.2) is 0 Å². The Kier molecular flexibility index (Phi) is 5.27. The Morgan fingerprint density at radius 2 is 2.25 bits per heavy atom. The van der Waals surface area contributed by atoms with Gasteiger partial charge in [-0.15, -0.1) is 0 Å². The Bertz CT molecular complexity index is 444. The molecule has 1 aromatic rings. The van der Waals surface area contributed by atoms with Crippen molar-refractivity contribution in [2.24, 2.45) is 5.92 Å². The number of nitrogens with zero attached hydrogens (tertiary/aromatic N) is 1. The van der Waals surface area contributed by atoms with Gasteiger partial charge in [0.1, 0.15) is 5.75 Å². The largest absolute Gasteiger partial charge is 0.493 e. The molecule has 0 atom stereocenters. The van der Waals surface area contributed by atoms with Crippen LogP contribution in [0.3, 0.4) is 0 Å². The normalized spacial score (nSPS) is 14.7. The lowest BCUT2D eigenvalue weighted by Crippen LogP contribution is -2.37. The van der Waals surface area contributed by atoms with Gasteiger partial charge >= 0.3 is 0 Å². The molecule has 4 nitrogen and oxygen atoms in total. The van der Waals surface area contributed by atoms with E-state index in [2.05, 4.69) is 0 Å². The molecular weight excluding hydrogens is 252 g/mol. The van der Waals surface area contributed by atoms with E-state index >= 15 is 0 Å². The molecule has 0 aromatic heterocycles. The highest BCUT2D eigenvalue weighted by molar-refractivity contribution is 5.76. The lowest BCUT2D eigenvalue weighted by molar-refractivity contribution is -0.132. The van der Waals surface area contributed by atoms with Gasteiger partial charge in [-0.2, -0.15) is 0 Å². The molecule has 4 heteroatoms. The van der Waals surface area contributed by atoms with Crippen molar-refractivity contribution in [2.45, 2.75) is 32.6 Å². The van der Waals surface area contributed by atoms with Gasteiger partial charge in [0, 0.05) is 24.8 Å². The molecule has 1 aliphatic rings. The van der Waals surface area contributed by atoms with Gasteiger partial charge in [-0.05, 0) is 37.8 Å². The van der Waals surface area contributed by atoms with E-state index in [1.54, 1.807) is 6.07 Å². The Labute approximate surface area is 120 Å². The lowest BCUT2D eigenvalue weighted by Gasteiger charge is -2.31. The van der Waals surface area contributed by atoms with E-state index in [4.69, 9.17) is 10.5 Å². The number of nitrogens with two attached hydrogens (primary N) is 1. The van der Waals surface area contributed by atoms with E-state index in [-0.39, 0.29) is 5.91 Å². The molecule has 0 aliphatic heterocycles. The Morgan fingerprint density at radius 1 is 1.45 bits per heavy atom. The molecule has 0 saturated heterocycles. The Morgan fingerprint density at radius 3 is 2.85 bits per heavy atom. The summed E-state index contributed by atoms with van der Waals surface area (Å²) in [5.74, 6) is 1.62. The van der Waals surface area contributed by atoms with Crippen LogP contribution in [-0.4, -0.2) is 30.5 Å². The Hall–Kier alpha value is -1.71. The summed E-state index contributed by atoms with van der Waals surface area (Å²) >= 11 is 0. The van der Waals surface area contributed by atoms with Crippen molar-refractivity contribution < 1.29 is 9.53 Å². The second kappa shape index (κ2) is 7.17. The summed E-state index contributed by atoms with van der Waals surface area (Å²) in [5.41, 5.74) is 6.36.